The molecule has 1 heterocycles. The molecule has 0 atom stereocenters. The predicted octanol–water partition coefficient (Wildman–Crippen LogP) is 5.99. The Hall–Kier alpha value is -1.38. The fourth-order valence-electron chi connectivity index (χ4n) is 2.47. The van der Waals surface area contributed by atoms with E-state index in [2.05, 4.69) is 21.2 Å². The molecule has 0 saturated carbocycles. The van der Waals surface area contributed by atoms with Crippen molar-refractivity contribution in [1.29, 1.82) is 0 Å². The first-order chi connectivity index (χ1) is 13.3. The summed E-state index contributed by atoms with van der Waals surface area (Å²) >= 11 is 22.0. The number of thioether (sulfide) groups is 1. The predicted molar refractivity (Wildman–Crippen MR) is 124 cm³/mol. The molecule has 0 aromatic heterocycles. The second kappa shape index (κ2) is 9.41. The number of rotatable bonds is 5. The van der Waals surface area contributed by atoms with Crippen molar-refractivity contribution in [3.63, 3.8) is 0 Å². The van der Waals surface area contributed by atoms with Gasteiger partial charge in [0.15, 0.2) is 0 Å². The number of anilines is 1. The lowest BCUT2D eigenvalue weighted by atomic mass is 10.2. The van der Waals surface area contributed by atoms with E-state index in [-0.39, 0.29) is 29.8 Å². The highest BCUT2D eigenvalue weighted by molar-refractivity contribution is 9.10. The number of carbonyl (C=O) groups is 2. The monoisotopic (exact) mass is 514 g/mol. The van der Waals surface area contributed by atoms with Crippen molar-refractivity contribution in [2.75, 3.05) is 11.9 Å². The van der Waals surface area contributed by atoms with Crippen LogP contribution in [0.15, 0.2) is 51.8 Å². The van der Waals surface area contributed by atoms with Crippen LogP contribution < -0.4 is 5.32 Å². The summed E-state index contributed by atoms with van der Waals surface area (Å²) in [6, 6.07) is 12.6. The Morgan fingerprint density at radius 3 is 2.75 bits per heavy atom. The third kappa shape index (κ3) is 5.15. The maximum atomic E-state index is 12.6. The van der Waals surface area contributed by atoms with Gasteiger partial charge >= 0.3 is 0 Å². The van der Waals surface area contributed by atoms with Gasteiger partial charge in [0, 0.05) is 17.4 Å². The van der Waals surface area contributed by atoms with E-state index in [1.807, 2.05) is 24.3 Å². The minimum Gasteiger partial charge on any atom is -0.325 e. The van der Waals surface area contributed by atoms with Crippen molar-refractivity contribution < 1.29 is 9.59 Å². The Morgan fingerprint density at radius 1 is 1.25 bits per heavy atom. The number of thiocarbonyl (C=S) groups is 1. The zero-order chi connectivity index (χ0) is 20.3. The maximum absolute atomic E-state index is 12.6. The molecule has 2 aromatic carbocycles. The van der Waals surface area contributed by atoms with Crippen LogP contribution in [0.4, 0.5) is 5.69 Å². The Morgan fingerprint density at radius 2 is 2.00 bits per heavy atom. The molecular weight excluding hydrogens is 503 g/mol. The number of hydrogen-bond acceptors (Lipinski definition) is 4. The van der Waals surface area contributed by atoms with Crippen molar-refractivity contribution in [2.24, 2.45) is 0 Å². The summed E-state index contributed by atoms with van der Waals surface area (Å²) in [5.41, 5.74) is 1.32. The summed E-state index contributed by atoms with van der Waals surface area (Å²) in [6.07, 6.45) is 1.87. The average Bonchev–Trinajstić information content (AvgIpc) is 2.90. The molecular formula is C19H13BrCl2N2O2S2. The van der Waals surface area contributed by atoms with E-state index < -0.39 is 0 Å². The number of carbonyl (C=O) groups excluding carboxylic acids is 2. The van der Waals surface area contributed by atoms with E-state index in [4.69, 9.17) is 35.4 Å². The summed E-state index contributed by atoms with van der Waals surface area (Å²) in [5, 5.41) is 3.33. The third-order valence-corrected chi connectivity index (χ3v) is 6.50. The topological polar surface area (TPSA) is 49.4 Å². The van der Waals surface area contributed by atoms with E-state index in [1.165, 1.54) is 16.7 Å². The minimum absolute atomic E-state index is 0.0828. The van der Waals surface area contributed by atoms with Gasteiger partial charge < -0.3 is 5.32 Å². The lowest BCUT2D eigenvalue weighted by Gasteiger charge is -2.14. The van der Waals surface area contributed by atoms with Gasteiger partial charge in [0.05, 0.1) is 20.6 Å². The summed E-state index contributed by atoms with van der Waals surface area (Å²) in [7, 11) is 0. The van der Waals surface area contributed by atoms with Gasteiger partial charge in [0.2, 0.25) is 5.91 Å². The molecule has 28 heavy (non-hydrogen) atoms. The highest BCUT2D eigenvalue weighted by atomic mass is 79.9. The lowest BCUT2D eigenvalue weighted by Crippen LogP contribution is -2.31. The van der Waals surface area contributed by atoms with Crippen molar-refractivity contribution >= 4 is 91.0 Å². The first-order valence-electron chi connectivity index (χ1n) is 8.10. The van der Waals surface area contributed by atoms with Gasteiger partial charge in [-0.3, -0.25) is 14.5 Å². The summed E-state index contributed by atoms with van der Waals surface area (Å²) in [4.78, 5) is 26.8. The average molecular weight is 516 g/mol. The second-order valence-electron chi connectivity index (χ2n) is 5.79. The van der Waals surface area contributed by atoms with Crippen LogP contribution in [-0.2, 0) is 9.59 Å². The minimum atomic E-state index is -0.283. The fraction of sp³-hybridized carbons (Fsp3) is 0.105. The van der Waals surface area contributed by atoms with Gasteiger partial charge in [-0.1, -0.05) is 81.3 Å². The SMILES string of the molecule is O=C(CCN1C(=O)C(=Cc2cccc(Br)c2)SC1=S)Nc1cccc(Cl)c1Cl. The van der Waals surface area contributed by atoms with Crippen molar-refractivity contribution in [3.8, 4) is 0 Å². The molecule has 0 aliphatic carbocycles. The van der Waals surface area contributed by atoms with Crippen LogP contribution in [0.25, 0.3) is 6.08 Å². The molecule has 1 aliphatic rings. The van der Waals surface area contributed by atoms with E-state index in [0.717, 1.165) is 10.0 Å². The van der Waals surface area contributed by atoms with E-state index >= 15 is 0 Å². The van der Waals surface area contributed by atoms with Gasteiger partial charge in [-0.15, -0.1) is 0 Å². The Labute approximate surface area is 190 Å². The first kappa shape index (κ1) is 21.3. The molecule has 2 amide bonds. The third-order valence-electron chi connectivity index (χ3n) is 3.81. The van der Waals surface area contributed by atoms with E-state index in [1.54, 1.807) is 24.3 Å². The Bertz CT molecular complexity index is 998. The van der Waals surface area contributed by atoms with Crippen molar-refractivity contribution in [3.05, 3.63) is 67.5 Å². The summed E-state index contributed by atoms with van der Waals surface area (Å²) in [6.45, 7) is 0.185. The van der Waals surface area contributed by atoms with Crippen LogP contribution in [0, 0.1) is 0 Å². The number of nitrogens with zero attached hydrogens (tertiary/aromatic N) is 1. The van der Waals surface area contributed by atoms with Gasteiger partial charge in [-0.25, -0.2) is 0 Å². The first-order valence-corrected chi connectivity index (χ1v) is 10.9. The van der Waals surface area contributed by atoms with Crippen LogP contribution in [0.2, 0.25) is 10.0 Å². The van der Waals surface area contributed by atoms with E-state index in [9.17, 15) is 9.59 Å². The molecule has 1 fully saturated rings. The van der Waals surface area contributed by atoms with Crippen LogP contribution in [-0.4, -0.2) is 27.6 Å². The number of amides is 2. The number of benzene rings is 2. The summed E-state index contributed by atoms with van der Waals surface area (Å²) < 4.78 is 1.35. The molecule has 1 aliphatic heterocycles. The normalized spacial score (nSPS) is 15.4. The molecule has 0 radical (unpaired) electrons. The Balaban J connectivity index is 1.63. The molecule has 9 heteroatoms. The molecule has 0 spiro atoms. The number of hydrogen-bond donors (Lipinski definition) is 1. The molecule has 1 N–H and O–H groups in total. The standard InChI is InChI=1S/C19H13BrCl2N2O2S2/c20-12-4-1-3-11(9-12)10-15-18(26)24(19(27)28-15)8-7-16(25)23-14-6-2-5-13(21)17(14)22/h1-6,9-10H,7-8H2,(H,23,25). The quantitative estimate of drug-likeness (QED) is 0.392. The zero-order valence-corrected chi connectivity index (χ0v) is 19.0. The molecule has 1 saturated heterocycles. The van der Waals surface area contributed by atoms with Gasteiger partial charge in [-0.2, -0.15) is 0 Å². The largest absolute Gasteiger partial charge is 0.325 e. The summed E-state index contributed by atoms with van der Waals surface area (Å²) in [5.74, 6) is -0.488. The molecule has 0 bridgehead atoms. The van der Waals surface area contributed by atoms with Gasteiger partial charge in [0.1, 0.15) is 4.32 Å². The highest BCUT2D eigenvalue weighted by Crippen LogP contribution is 2.33. The van der Waals surface area contributed by atoms with Crippen LogP contribution in [0.5, 0.6) is 0 Å². The highest BCUT2D eigenvalue weighted by Gasteiger charge is 2.32. The molecule has 3 rings (SSSR count). The maximum Gasteiger partial charge on any atom is 0.266 e. The molecule has 4 nitrogen and oxygen atoms in total. The number of halogens is 3. The second-order valence-corrected chi connectivity index (χ2v) is 9.16. The van der Waals surface area contributed by atoms with Crippen LogP contribution >= 0.6 is 63.1 Å². The molecule has 144 valence electrons. The van der Waals surface area contributed by atoms with Gasteiger partial charge in [0.25, 0.3) is 5.91 Å². The lowest BCUT2D eigenvalue weighted by molar-refractivity contribution is -0.122. The van der Waals surface area contributed by atoms with Crippen LogP contribution in [0.1, 0.15) is 12.0 Å². The van der Waals surface area contributed by atoms with Crippen LogP contribution in [0.3, 0.4) is 0 Å². The molecule has 2 aromatic rings. The fourth-order valence-corrected chi connectivity index (χ4v) is 4.54. The van der Waals surface area contributed by atoms with E-state index in [0.29, 0.717) is 19.9 Å². The molecule has 0 unspecified atom stereocenters. The van der Waals surface area contributed by atoms with Crippen molar-refractivity contribution in [1.82, 2.24) is 4.90 Å². The smallest absolute Gasteiger partial charge is 0.266 e. The van der Waals surface area contributed by atoms with Crippen molar-refractivity contribution in [2.45, 2.75) is 6.42 Å². The Kier molecular flexibility index (Phi) is 7.17. The zero-order valence-electron chi connectivity index (χ0n) is 14.2. The number of nitrogens with one attached hydrogen (secondary N) is 1. The van der Waals surface area contributed by atoms with Gasteiger partial charge in [-0.05, 0) is 35.9 Å².